The second kappa shape index (κ2) is 9.99. The van der Waals surface area contributed by atoms with Crippen molar-refractivity contribution in [2.45, 2.75) is 51.6 Å². The zero-order chi connectivity index (χ0) is 19.9. The zero-order valence-corrected chi connectivity index (χ0v) is 16.7. The highest BCUT2D eigenvalue weighted by Gasteiger charge is 2.29. The maximum atomic E-state index is 14.6. The molecule has 1 aliphatic rings. The van der Waals surface area contributed by atoms with Crippen molar-refractivity contribution in [2.24, 2.45) is 0 Å². The van der Waals surface area contributed by atoms with Crippen molar-refractivity contribution >= 4 is 0 Å². The van der Waals surface area contributed by atoms with Crippen molar-refractivity contribution in [2.75, 3.05) is 19.6 Å². The molecule has 1 heterocycles. The summed E-state index contributed by atoms with van der Waals surface area (Å²) in [5.41, 5.74) is 2.21. The van der Waals surface area contributed by atoms with E-state index in [9.17, 15) is 8.78 Å². The lowest BCUT2D eigenvalue weighted by atomic mass is 10.0. The molecule has 3 rings (SSSR count). The van der Waals surface area contributed by atoms with E-state index in [2.05, 4.69) is 22.3 Å². The molecule has 2 atom stereocenters. The molecule has 0 saturated carbocycles. The van der Waals surface area contributed by atoms with Crippen molar-refractivity contribution < 1.29 is 13.5 Å². The van der Waals surface area contributed by atoms with Gasteiger partial charge in [0.05, 0.1) is 6.10 Å². The Labute approximate surface area is 166 Å². The van der Waals surface area contributed by atoms with Crippen LogP contribution in [0.3, 0.4) is 0 Å². The average molecular weight is 389 g/mol. The van der Waals surface area contributed by atoms with E-state index >= 15 is 0 Å². The summed E-state index contributed by atoms with van der Waals surface area (Å²) >= 11 is 0. The third kappa shape index (κ3) is 6.01. The van der Waals surface area contributed by atoms with E-state index in [1.807, 2.05) is 26.0 Å². The van der Waals surface area contributed by atoms with E-state index in [4.69, 9.17) is 4.74 Å². The Morgan fingerprint density at radius 1 is 1.07 bits per heavy atom. The number of nitrogens with one attached hydrogen (secondary N) is 1. The number of rotatable bonds is 8. The van der Waals surface area contributed by atoms with Gasteiger partial charge in [0.2, 0.25) is 0 Å². The number of halogens is 2. The quantitative estimate of drug-likeness (QED) is 0.727. The second-order valence-electron chi connectivity index (χ2n) is 7.73. The molecule has 1 N–H and O–H groups in total. The first-order valence-electron chi connectivity index (χ1n) is 10.1. The molecule has 2 aromatic rings. The van der Waals surface area contributed by atoms with Crippen LogP contribution in [0.2, 0.25) is 0 Å². The highest BCUT2D eigenvalue weighted by molar-refractivity contribution is 5.27. The zero-order valence-electron chi connectivity index (χ0n) is 16.7. The normalized spacial score (nSPS) is 19.9. The molecule has 28 heavy (non-hydrogen) atoms. The molecular formula is C23H30F2N2O. The lowest BCUT2D eigenvalue weighted by Gasteiger charge is -2.37. The van der Waals surface area contributed by atoms with Crippen LogP contribution in [0.1, 0.15) is 31.4 Å². The van der Waals surface area contributed by atoms with Gasteiger partial charge >= 0.3 is 0 Å². The van der Waals surface area contributed by atoms with Gasteiger partial charge in [-0.1, -0.05) is 24.3 Å². The van der Waals surface area contributed by atoms with Gasteiger partial charge in [0, 0.05) is 25.7 Å². The molecule has 0 aromatic heterocycles. The van der Waals surface area contributed by atoms with E-state index in [-0.39, 0.29) is 18.0 Å². The molecule has 0 amide bonds. The molecule has 1 saturated heterocycles. The fraction of sp³-hybridized carbons (Fsp3) is 0.478. The van der Waals surface area contributed by atoms with Crippen molar-refractivity contribution in [1.82, 2.24) is 10.2 Å². The minimum atomic E-state index is -0.884. The van der Waals surface area contributed by atoms with Crippen molar-refractivity contribution in [3.63, 3.8) is 0 Å². The smallest absolute Gasteiger partial charge is 0.128 e. The predicted molar refractivity (Wildman–Crippen MR) is 109 cm³/mol. The Balaban J connectivity index is 1.69. The lowest BCUT2D eigenvalue weighted by Crippen LogP contribution is -2.51. The minimum Gasteiger partial charge on any atom is -0.491 e. The van der Waals surface area contributed by atoms with Crippen molar-refractivity contribution in [1.29, 1.82) is 0 Å². The van der Waals surface area contributed by atoms with Gasteiger partial charge in [0.15, 0.2) is 0 Å². The molecule has 1 aliphatic heterocycles. The van der Waals surface area contributed by atoms with Crippen LogP contribution < -0.4 is 10.1 Å². The van der Waals surface area contributed by atoms with Crippen LogP contribution in [-0.4, -0.2) is 42.9 Å². The van der Waals surface area contributed by atoms with Gasteiger partial charge in [-0.15, -0.1) is 0 Å². The van der Waals surface area contributed by atoms with Crippen LogP contribution in [0, 0.1) is 5.82 Å². The van der Waals surface area contributed by atoms with Crippen LogP contribution in [-0.2, 0) is 13.0 Å². The summed E-state index contributed by atoms with van der Waals surface area (Å²) in [6, 6.07) is 14.5. The largest absolute Gasteiger partial charge is 0.491 e. The monoisotopic (exact) mass is 388 g/mol. The summed E-state index contributed by atoms with van der Waals surface area (Å²) in [7, 11) is 0. The van der Waals surface area contributed by atoms with E-state index in [0.717, 1.165) is 42.8 Å². The molecule has 152 valence electrons. The fourth-order valence-corrected chi connectivity index (χ4v) is 3.68. The van der Waals surface area contributed by atoms with Crippen LogP contribution >= 0.6 is 0 Å². The fourth-order valence-electron chi connectivity index (χ4n) is 3.68. The van der Waals surface area contributed by atoms with Crippen molar-refractivity contribution in [3.05, 3.63) is 65.5 Å². The predicted octanol–water partition coefficient (Wildman–Crippen LogP) is 4.36. The van der Waals surface area contributed by atoms with E-state index in [1.165, 1.54) is 12.1 Å². The highest BCUT2D eigenvalue weighted by atomic mass is 19.1. The minimum absolute atomic E-state index is 0.103. The van der Waals surface area contributed by atoms with Gasteiger partial charge in [-0.3, -0.25) is 4.90 Å². The summed E-state index contributed by atoms with van der Waals surface area (Å²) in [6.07, 6.45) is 0.815. The van der Waals surface area contributed by atoms with Gasteiger partial charge in [-0.05, 0) is 68.6 Å². The first-order valence-corrected chi connectivity index (χ1v) is 10.1. The maximum Gasteiger partial charge on any atom is 0.128 e. The van der Waals surface area contributed by atoms with Gasteiger partial charge in [-0.2, -0.15) is 0 Å². The molecule has 0 spiro atoms. The molecule has 5 heteroatoms. The third-order valence-electron chi connectivity index (χ3n) is 5.12. The third-order valence-corrected chi connectivity index (χ3v) is 5.12. The van der Waals surface area contributed by atoms with E-state index in [1.54, 1.807) is 12.1 Å². The van der Waals surface area contributed by atoms with E-state index in [0.29, 0.717) is 13.1 Å². The molecule has 1 fully saturated rings. The molecule has 0 bridgehead atoms. The highest BCUT2D eigenvalue weighted by Crippen LogP contribution is 2.21. The number of nitrogens with zero attached hydrogens (tertiary/aromatic N) is 1. The first kappa shape index (κ1) is 20.7. The molecule has 3 nitrogen and oxygen atoms in total. The van der Waals surface area contributed by atoms with Crippen LogP contribution in [0.4, 0.5) is 8.78 Å². The second-order valence-corrected chi connectivity index (χ2v) is 7.73. The number of hydrogen-bond acceptors (Lipinski definition) is 3. The maximum absolute atomic E-state index is 14.6. The number of hydrogen-bond donors (Lipinski definition) is 1. The standard InChI is InChI=1S/C23H30F2N2O/c1-17(2)28-21-9-5-19(6-10-21)16-27(23-11-13-26-15-22(23)25)14-12-18-3-7-20(24)8-4-18/h3-10,17,22-23,26H,11-16H2,1-2H3/t22-,23+/m1/s1. The summed E-state index contributed by atoms with van der Waals surface area (Å²) in [5.74, 6) is 0.619. The number of ether oxygens (including phenoxy) is 1. The van der Waals surface area contributed by atoms with Crippen LogP contribution in [0.15, 0.2) is 48.5 Å². The molecule has 0 unspecified atom stereocenters. The number of piperidine rings is 1. The molecular weight excluding hydrogens is 358 g/mol. The summed E-state index contributed by atoms with van der Waals surface area (Å²) < 4.78 is 33.5. The Hall–Kier alpha value is -1.98. The molecule has 0 aliphatic carbocycles. The SMILES string of the molecule is CC(C)Oc1ccc(CN(CCc2ccc(F)cc2)[C@H]2CCNC[C@H]2F)cc1. The first-order chi connectivity index (χ1) is 13.5. The Morgan fingerprint density at radius 2 is 1.75 bits per heavy atom. The Kier molecular flexibility index (Phi) is 7.40. The summed E-state index contributed by atoms with van der Waals surface area (Å²) in [4.78, 5) is 2.23. The summed E-state index contributed by atoms with van der Waals surface area (Å²) in [5, 5.41) is 3.13. The molecule has 0 radical (unpaired) electrons. The van der Waals surface area contributed by atoms with Crippen LogP contribution in [0.5, 0.6) is 5.75 Å². The van der Waals surface area contributed by atoms with Crippen LogP contribution in [0.25, 0.3) is 0 Å². The lowest BCUT2D eigenvalue weighted by molar-refractivity contribution is 0.0791. The Morgan fingerprint density at radius 3 is 2.39 bits per heavy atom. The summed E-state index contributed by atoms with van der Waals surface area (Å²) in [6.45, 7) is 6.67. The number of alkyl halides is 1. The van der Waals surface area contributed by atoms with Crippen molar-refractivity contribution in [3.8, 4) is 5.75 Å². The number of benzene rings is 2. The van der Waals surface area contributed by atoms with E-state index < -0.39 is 6.17 Å². The van der Waals surface area contributed by atoms with Gasteiger partial charge < -0.3 is 10.1 Å². The average Bonchev–Trinajstić information content (AvgIpc) is 2.68. The van der Waals surface area contributed by atoms with Gasteiger partial charge in [0.25, 0.3) is 0 Å². The Bertz CT molecular complexity index is 718. The van der Waals surface area contributed by atoms with Gasteiger partial charge in [0.1, 0.15) is 17.7 Å². The topological polar surface area (TPSA) is 24.5 Å². The van der Waals surface area contributed by atoms with Gasteiger partial charge in [-0.25, -0.2) is 8.78 Å². The molecule has 2 aromatic carbocycles.